The third-order valence-corrected chi connectivity index (χ3v) is 2.31. The number of nitrogens with one attached hydrogen (secondary N) is 1. The van der Waals surface area contributed by atoms with Gasteiger partial charge in [0.05, 0.1) is 6.54 Å². The van der Waals surface area contributed by atoms with E-state index in [0.717, 1.165) is 12.8 Å². The van der Waals surface area contributed by atoms with Crippen molar-refractivity contribution in [2.75, 3.05) is 26.2 Å². The van der Waals surface area contributed by atoms with E-state index in [9.17, 15) is 9.59 Å². The topological polar surface area (TPSA) is 58.6 Å². The van der Waals surface area contributed by atoms with Crippen LogP contribution in [0.3, 0.4) is 0 Å². The number of hydrogen-bond donors (Lipinski definition) is 1. The molecule has 0 radical (unpaired) electrons. The Morgan fingerprint density at radius 3 is 3.00 bits per heavy atom. The molecule has 0 unspecified atom stereocenters. The highest BCUT2D eigenvalue weighted by atomic mass is 16.6. The molecule has 5 heteroatoms. The molecule has 1 rings (SSSR count). The Labute approximate surface area is 89.8 Å². The maximum Gasteiger partial charge on any atom is 0.409 e. The standard InChI is InChI=1S/C10H18N2O3/c1-2-3-4-9(13)11-5-6-12-7-8-15-10(12)14/h2-8H2,1H3,(H,11,13). The molecule has 1 aliphatic rings. The van der Waals surface area contributed by atoms with Gasteiger partial charge in [0.25, 0.3) is 0 Å². The summed E-state index contributed by atoms with van der Waals surface area (Å²) in [6.07, 6.45) is 2.22. The van der Waals surface area contributed by atoms with E-state index in [2.05, 4.69) is 5.32 Å². The Hall–Kier alpha value is -1.26. The van der Waals surface area contributed by atoms with Crippen molar-refractivity contribution < 1.29 is 14.3 Å². The Morgan fingerprint density at radius 1 is 1.60 bits per heavy atom. The zero-order valence-corrected chi connectivity index (χ0v) is 9.12. The van der Waals surface area contributed by atoms with E-state index < -0.39 is 0 Å². The van der Waals surface area contributed by atoms with Crippen LogP contribution in [-0.2, 0) is 9.53 Å². The minimum absolute atomic E-state index is 0.0596. The highest BCUT2D eigenvalue weighted by Crippen LogP contribution is 2.01. The zero-order chi connectivity index (χ0) is 11.1. The summed E-state index contributed by atoms with van der Waals surface area (Å²) in [6.45, 7) is 4.19. The summed E-state index contributed by atoms with van der Waals surface area (Å²) >= 11 is 0. The first-order valence-electron chi connectivity index (χ1n) is 5.42. The lowest BCUT2D eigenvalue weighted by Crippen LogP contribution is -2.35. The molecule has 0 spiro atoms. The van der Waals surface area contributed by atoms with Crippen LogP contribution in [0.4, 0.5) is 4.79 Å². The molecule has 0 aromatic rings. The third-order valence-electron chi connectivity index (χ3n) is 2.31. The van der Waals surface area contributed by atoms with Gasteiger partial charge >= 0.3 is 6.09 Å². The number of rotatable bonds is 6. The van der Waals surface area contributed by atoms with Gasteiger partial charge in [-0.1, -0.05) is 13.3 Å². The van der Waals surface area contributed by atoms with Crippen LogP contribution in [0.2, 0.25) is 0 Å². The van der Waals surface area contributed by atoms with E-state index in [1.165, 1.54) is 0 Å². The molecular weight excluding hydrogens is 196 g/mol. The second-order valence-electron chi connectivity index (χ2n) is 3.55. The van der Waals surface area contributed by atoms with E-state index in [4.69, 9.17) is 4.74 Å². The van der Waals surface area contributed by atoms with Crippen molar-refractivity contribution in [1.82, 2.24) is 10.2 Å². The molecule has 1 aliphatic heterocycles. The van der Waals surface area contributed by atoms with Gasteiger partial charge in [0.15, 0.2) is 0 Å². The molecule has 1 fully saturated rings. The molecule has 1 heterocycles. The summed E-state index contributed by atoms with van der Waals surface area (Å²) in [5.41, 5.74) is 0. The van der Waals surface area contributed by atoms with Crippen molar-refractivity contribution in [3.8, 4) is 0 Å². The third kappa shape index (κ3) is 4.18. The van der Waals surface area contributed by atoms with Crippen molar-refractivity contribution in [2.45, 2.75) is 26.2 Å². The number of amides is 2. The summed E-state index contributed by atoms with van der Waals surface area (Å²) in [4.78, 5) is 23.8. The summed E-state index contributed by atoms with van der Waals surface area (Å²) in [5, 5.41) is 2.78. The molecule has 0 atom stereocenters. The molecular formula is C10H18N2O3. The molecule has 0 aromatic heterocycles. The smallest absolute Gasteiger partial charge is 0.409 e. The maximum atomic E-state index is 11.2. The number of hydrogen-bond acceptors (Lipinski definition) is 3. The van der Waals surface area contributed by atoms with Gasteiger partial charge in [-0.15, -0.1) is 0 Å². The first kappa shape index (κ1) is 11.8. The summed E-state index contributed by atoms with van der Waals surface area (Å²) in [7, 11) is 0. The molecule has 5 nitrogen and oxygen atoms in total. The minimum atomic E-state index is -0.280. The van der Waals surface area contributed by atoms with E-state index >= 15 is 0 Å². The van der Waals surface area contributed by atoms with E-state index in [0.29, 0.717) is 32.7 Å². The fraction of sp³-hybridized carbons (Fsp3) is 0.800. The van der Waals surface area contributed by atoms with Crippen LogP contribution < -0.4 is 5.32 Å². The van der Waals surface area contributed by atoms with Gasteiger partial charge in [-0.2, -0.15) is 0 Å². The summed E-state index contributed by atoms with van der Waals surface area (Å²) in [5.74, 6) is 0.0596. The lowest BCUT2D eigenvalue weighted by atomic mass is 10.2. The monoisotopic (exact) mass is 214 g/mol. The van der Waals surface area contributed by atoms with Crippen LogP contribution in [0.5, 0.6) is 0 Å². The number of carbonyl (C=O) groups is 2. The molecule has 1 N–H and O–H groups in total. The Bertz CT molecular complexity index is 231. The van der Waals surface area contributed by atoms with Gasteiger partial charge in [0, 0.05) is 19.5 Å². The lowest BCUT2D eigenvalue weighted by Gasteiger charge is -2.12. The van der Waals surface area contributed by atoms with Crippen molar-refractivity contribution >= 4 is 12.0 Å². The van der Waals surface area contributed by atoms with E-state index in [1.807, 2.05) is 6.92 Å². The van der Waals surface area contributed by atoms with Gasteiger partial charge in [0.2, 0.25) is 5.91 Å². The van der Waals surface area contributed by atoms with Crippen LogP contribution in [0.15, 0.2) is 0 Å². The average molecular weight is 214 g/mol. The SMILES string of the molecule is CCCCC(=O)NCCN1CCOC1=O. The molecule has 15 heavy (non-hydrogen) atoms. The highest BCUT2D eigenvalue weighted by molar-refractivity contribution is 5.76. The number of ether oxygens (including phenoxy) is 1. The number of unbranched alkanes of at least 4 members (excludes halogenated alkanes) is 1. The predicted molar refractivity (Wildman–Crippen MR) is 55.5 cm³/mol. The van der Waals surface area contributed by atoms with Crippen LogP contribution in [0.25, 0.3) is 0 Å². The number of nitrogens with zero attached hydrogens (tertiary/aromatic N) is 1. The van der Waals surface area contributed by atoms with Crippen LogP contribution in [0.1, 0.15) is 26.2 Å². The predicted octanol–water partition coefficient (Wildman–Crippen LogP) is 0.745. The highest BCUT2D eigenvalue weighted by Gasteiger charge is 2.20. The van der Waals surface area contributed by atoms with Crippen molar-refractivity contribution in [2.24, 2.45) is 0 Å². The first-order chi connectivity index (χ1) is 7.24. The Morgan fingerprint density at radius 2 is 2.40 bits per heavy atom. The Balaban J connectivity index is 2.05. The van der Waals surface area contributed by atoms with Gasteiger partial charge in [0.1, 0.15) is 6.61 Å². The van der Waals surface area contributed by atoms with Gasteiger partial charge in [-0.25, -0.2) is 4.79 Å². The van der Waals surface area contributed by atoms with Crippen LogP contribution in [0, 0.1) is 0 Å². The second-order valence-corrected chi connectivity index (χ2v) is 3.55. The normalized spacial score (nSPS) is 15.3. The first-order valence-corrected chi connectivity index (χ1v) is 5.42. The summed E-state index contributed by atoms with van der Waals surface area (Å²) in [6, 6.07) is 0. The molecule has 86 valence electrons. The van der Waals surface area contributed by atoms with Gasteiger partial charge in [-0.3, -0.25) is 4.79 Å². The number of cyclic esters (lactones) is 1. The lowest BCUT2D eigenvalue weighted by molar-refractivity contribution is -0.121. The van der Waals surface area contributed by atoms with Crippen molar-refractivity contribution in [3.63, 3.8) is 0 Å². The molecule has 2 amide bonds. The molecule has 0 bridgehead atoms. The fourth-order valence-corrected chi connectivity index (χ4v) is 1.38. The average Bonchev–Trinajstić information content (AvgIpc) is 2.61. The minimum Gasteiger partial charge on any atom is -0.448 e. The van der Waals surface area contributed by atoms with Crippen molar-refractivity contribution in [3.05, 3.63) is 0 Å². The second kappa shape index (κ2) is 6.27. The maximum absolute atomic E-state index is 11.2. The van der Waals surface area contributed by atoms with Crippen molar-refractivity contribution in [1.29, 1.82) is 0 Å². The zero-order valence-electron chi connectivity index (χ0n) is 9.12. The Kier molecular flexibility index (Phi) is 4.93. The van der Waals surface area contributed by atoms with E-state index in [1.54, 1.807) is 4.90 Å². The van der Waals surface area contributed by atoms with Crippen LogP contribution in [-0.4, -0.2) is 43.1 Å². The van der Waals surface area contributed by atoms with E-state index in [-0.39, 0.29) is 12.0 Å². The van der Waals surface area contributed by atoms with Gasteiger partial charge < -0.3 is 15.0 Å². The molecule has 0 saturated carbocycles. The molecule has 0 aromatic carbocycles. The molecule has 0 aliphatic carbocycles. The van der Waals surface area contributed by atoms with Crippen LogP contribution >= 0.6 is 0 Å². The largest absolute Gasteiger partial charge is 0.448 e. The molecule has 1 saturated heterocycles. The van der Waals surface area contributed by atoms with Gasteiger partial charge in [-0.05, 0) is 6.42 Å². The fourth-order valence-electron chi connectivity index (χ4n) is 1.38. The summed E-state index contributed by atoms with van der Waals surface area (Å²) < 4.78 is 4.76. The quantitative estimate of drug-likeness (QED) is 0.709. The number of carbonyl (C=O) groups excluding carboxylic acids is 2.